The maximum absolute atomic E-state index is 5.44. The van der Waals surface area contributed by atoms with Gasteiger partial charge in [-0.2, -0.15) is 0 Å². The van der Waals surface area contributed by atoms with Crippen LogP contribution in [-0.4, -0.2) is 25.7 Å². The summed E-state index contributed by atoms with van der Waals surface area (Å²) in [6, 6.07) is 5.88. The number of ether oxygens (including phenoxy) is 2. The highest BCUT2D eigenvalue weighted by molar-refractivity contribution is 9.10. The van der Waals surface area contributed by atoms with Crippen LogP contribution in [0.2, 0.25) is 0 Å². The minimum atomic E-state index is 0.484. The van der Waals surface area contributed by atoms with Gasteiger partial charge in [0.1, 0.15) is 5.75 Å². The van der Waals surface area contributed by atoms with Crippen molar-refractivity contribution in [1.82, 2.24) is 4.98 Å². The maximum atomic E-state index is 5.44. The Balaban J connectivity index is 2.73. The molecule has 0 radical (unpaired) electrons. The molecule has 2 rings (SSSR count). The average Bonchev–Trinajstić information content (AvgIpc) is 2.41. The number of hydrogen-bond acceptors (Lipinski definition) is 4. The molecule has 0 saturated heterocycles. The summed E-state index contributed by atoms with van der Waals surface area (Å²) in [5, 5.41) is 4.34. The minimum absolute atomic E-state index is 0.484. The molecule has 0 fully saturated rings. The molecule has 0 aliphatic rings. The molecule has 0 bridgehead atoms. The Morgan fingerprint density at radius 3 is 2.74 bits per heavy atom. The molecule has 1 aromatic carbocycles. The fraction of sp³-hybridized carbons (Fsp3) is 0.357. The lowest BCUT2D eigenvalue weighted by atomic mass is 10.1. The number of benzene rings is 1. The van der Waals surface area contributed by atoms with Crippen molar-refractivity contribution in [1.29, 1.82) is 0 Å². The highest BCUT2D eigenvalue weighted by Crippen LogP contribution is 2.36. The summed E-state index contributed by atoms with van der Waals surface area (Å²) in [5.41, 5.74) is 2.78. The topological polar surface area (TPSA) is 43.4 Å². The Kier molecular flexibility index (Phi) is 4.61. The van der Waals surface area contributed by atoms with E-state index in [1.165, 1.54) is 0 Å². The monoisotopic (exact) mass is 324 g/mol. The van der Waals surface area contributed by atoms with Crippen molar-refractivity contribution in [3.8, 4) is 5.75 Å². The molecule has 1 heterocycles. The smallest absolute Gasteiger partial charge is 0.130 e. The summed E-state index contributed by atoms with van der Waals surface area (Å²) in [5.74, 6) is 0.811. The Morgan fingerprint density at radius 2 is 2.11 bits per heavy atom. The van der Waals surface area contributed by atoms with Gasteiger partial charge in [0.15, 0.2) is 0 Å². The minimum Gasteiger partial charge on any atom is -0.496 e. The zero-order valence-electron chi connectivity index (χ0n) is 11.3. The lowest BCUT2D eigenvalue weighted by molar-refractivity contribution is 0.182. The first-order valence-electron chi connectivity index (χ1n) is 6.10. The van der Waals surface area contributed by atoms with Crippen LogP contribution in [-0.2, 0) is 11.3 Å². The predicted octanol–water partition coefficient (Wildman–Crippen LogP) is 3.58. The highest BCUT2D eigenvalue weighted by Gasteiger charge is 2.13. The second kappa shape index (κ2) is 6.21. The van der Waals surface area contributed by atoms with Crippen molar-refractivity contribution in [2.24, 2.45) is 0 Å². The predicted molar refractivity (Wildman–Crippen MR) is 80.9 cm³/mol. The van der Waals surface area contributed by atoms with Crippen molar-refractivity contribution in [3.05, 3.63) is 28.4 Å². The third-order valence-corrected chi connectivity index (χ3v) is 3.45. The van der Waals surface area contributed by atoms with Crippen molar-refractivity contribution in [3.63, 3.8) is 0 Å². The largest absolute Gasteiger partial charge is 0.496 e. The lowest BCUT2D eigenvalue weighted by Crippen LogP contribution is -2.03. The highest BCUT2D eigenvalue weighted by atomic mass is 79.9. The molecule has 0 unspecified atom stereocenters. The van der Waals surface area contributed by atoms with Gasteiger partial charge >= 0.3 is 0 Å². The molecule has 0 atom stereocenters. The molecule has 2 aromatic rings. The summed E-state index contributed by atoms with van der Waals surface area (Å²) >= 11 is 3.54. The summed E-state index contributed by atoms with van der Waals surface area (Å²) < 4.78 is 11.6. The van der Waals surface area contributed by atoms with E-state index < -0.39 is 0 Å². The van der Waals surface area contributed by atoms with Gasteiger partial charge in [-0.1, -0.05) is 0 Å². The van der Waals surface area contributed by atoms with Gasteiger partial charge < -0.3 is 14.8 Å². The summed E-state index contributed by atoms with van der Waals surface area (Å²) in [6.45, 7) is 3.38. The van der Waals surface area contributed by atoms with E-state index in [9.17, 15) is 0 Å². The van der Waals surface area contributed by atoms with Crippen LogP contribution in [0.5, 0.6) is 5.75 Å². The van der Waals surface area contributed by atoms with E-state index in [4.69, 9.17) is 9.47 Å². The normalized spacial score (nSPS) is 10.7. The molecule has 0 aliphatic carbocycles. The van der Waals surface area contributed by atoms with Crippen LogP contribution in [0.4, 0.5) is 5.69 Å². The number of nitrogens with one attached hydrogen (secondary N) is 1. The Labute approximate surface area is 121 Å². The van der Waals surface area contributed by atoms with Gasteiger partial charge in [0, 0.05) is 23.8 Å². The van der Waals surface area contributed by atoms with Crippen LogP contribution < -0.4 is 10.1 Å². The SMILES string of the molecule is CCNc1cc(COC)nc2c(Br)ccc(OC)c12. The van der Waals surface area contributed by atoms with Crippen LogP contribution in [0.15, 0.2) is 22.7 Å². The van der Waals surface area contributed by atoms with E-state index in [2.05, 4.69) is 33.2 Å². The van der Waals surface area contributed by atoms with E-state index in [-0.39, 0.29) is 0 Å². The third-order valence-electron chi connectivity index (χ3n) is 2.81. The van der Waals surface area contributed by atoms with Gasteiger partial charge in [-0.25, -0.2) is 4.98 Å². The first kappa shape index (κ1) is 14.1. The van der Waals surface area contributed by atoms with Gasteiger partial charge in [-0.15, -0.1) is 0 Å². The van der Waals surface area contributed by atoms with Crippen LogP contribution in [0.25, 0.3) is 10.9 Å². The van der Waals surface area contributed by atoms with E-state index in [1.54, 1.807) is 14.2 Å². The number of halogens is 1. The molecule has 0 aliphatic heterocycles. The number of fused-ring (bicyclic) bond motifs is 1. The quantitative estimate of drug-likeness (QED) is 0.912. The number of pyridine rings is 1. The molecular formula is C14H17BrN2O2. The number of hydrogen-bond donors (Lipinski definition) is 1. The van der Waals surface area contributed by atoms with Crippen LogP contribution in [0, 0.1) is 0 Å². The summed E-state index contributed by atoms with van der Waals surface area (Å²) in [7, 11) is 3.33. The number of anilines is 1. The van der Waals surface area contributed by atoms with E-state index in [0.717, 1.165) is 39.1 Å². The third kappa shape index (κ3) is 2.82. The summed E-state index contributed by atoms with van der Waals surface area (Å²) in [6.07, 6.45) is 0. The fourth-order valence-corrected chi connectivity index (χ4v) is 2.47. The number of nitrogens with zero attached hydrogens (tertiary/aromatic N) is 1. The maximum Gasteiger partial charge on any atom is 0.130 e. The van der Waals surface area contributed by atoms with Gasteiger partial charge in [-0.3, -0.25) is 0 Å². The molecule has 4 nitrogen and oxygen atoms in total. The first-order chi connectivity index (χ1) is 9.21. The van der Waals surface area contributed by atoms with Gasteiger partial charge in [0.05, 0.1) is 30.3 Å². The Morgan fingerprint density at radius 1 is 1.32 bits per heavy atom. The van der Waals surface area contributed by atoms with Crippen molar-refractivity contribution in [2.75, 3.05) is 26.1 Å². The number of rotatable bonds is 5. The average molecular weight is 325 g/mol. The van der Waals surface area contributed by atoms with Gasteiger partial charge in [0.25, 0.3) is 0 Å². The summed E-state index contributed by atoms with van der Waals surface area (Å²) in [4.78, 5) is 4.62. The second-order valence-corrected chi connectivity index (χ2v) is 4.95. The van der Waals surface area contributed by atoms with Gasteiger partial charge in [-0.05, 0) is 41.1 Å². The molecule has 0 spiro atoms. The molecule has 1 N–H and O–H groups in total. The van der Waals surface area contributed by atoms with Crippen molar-refractivity contribution < 1.29 is 9.47 Å². The van der Waals surface area contributed by atoms with E-state index in [0.29, 0.717) is 6.61 Å². The van der Waals surface area contributed by atoms with Gasteiger partial charge in [0.2, 0.25) is 0 Å². The van der Waals surface area contributed by atoms with E-state index in [1.807, 2.05) is 18.2 Å². The van der Waals surface area contributed by atoms with E-state index >= 15 is 0 Å². The molecule has 0 saturated carbocycles. The second-order valence-electron chi connectivity index (χ2n) is 4.10. The zero-order valence-corrected chi connectivity index (χ0v) is 12.9. The van der Waals surface area contributed by atoms with Crippen LogP contribution >= 0.6 is 15.9 Å². The number of aromatic nitrogens is 1. The molecule has 5 heteroatoms. The molecule has 0 amide bonds. The van der Waals surface area contributed by atoms with Crippen molar-refractivity contribution in [2.45, 2.75) is 13.5 Å². The van der Waals surface area contributed by atoms with Crippen LogP contribution in [0.1, 0.15) is 12.6 Å². The number of methoxy groups -OCH3 is 2. The molecule has 19 heavy (non-hydrogen) atoms. The van der Waals surface area contributed by atoms with Crippen molar-refractivity contribution >= 4 is 32.5 Å². The van der Waals surface area contributed by atoms with Crippen LogP contribution in [0.3, 0.4) is 0 Å². The molecule has 1 aromatic heterocycles. The lowest BCUT2D eigenvalue weighted by Gasteiger charge is -2.14. The first-order valence-corrected chi connectivity index (χ1v) is 6.89. The Bertz CT molecular complexity index is 587. The molecule has 102 valence electrons. The fourth-order valence-electron chi connectivity index (χ4n) is 2.05. The zero-order chi connectivity index (χ0) is 13.8. The standard InChI is InChI=1S/C14H17BrN2O2/c1-4-16-11-7-9(8-18-2)17-14-10(15)5-6-12(19-3)13(11)14/h5-7H,4,8H2,1-3H3,(H,16,17). The molecular weight excluding hydrogens is 308 g/mol. The Hall–Kier alpha value is -1.33.